The third-order valence-electron chi connectivity index (χ3n) is 12.6. The molecule has 0 radical (unpaired) electrons. The number of aromatic carboxylic acids is 2. The van der Waals surface area contributed by atoms with Crippen molar-refractivity contribution in [3.63, 3.8) is 0 Å². The van der Waals surface area contributed by atoms with E-state index in [-0.39, 0.29) is 53.2 Å². The SMILES string of the molecule is CC[C@H](NC(=O)[C@@H]1C[C@@](C)(NC(=O)Nc2cc(C(=O)O)cc(C(=O)O)c2)c2ncc(NCc3cccc(C(F)(F)F)c3)c(=O)n21)B1O[C@@H]2C[C@@H]3C[C@@H](C3(C)C)[C@]2(C)O1. The van der Waals surface area contributed by atoms with Crippen molar-refractivity contribution in [1.29, 1.82) is 0 Å². The maximum absolute atomic E-state index is 14.4. The third-order valence-corrected chi connectivity index (χ3v) is 12.6. The number of carbonyl (C=O) groups is 4. The van der Waals surface area contributed by atoms with Crippen LogP contribution in [0.5, 0.6) is 0 Å². The van der Waals surface area contributed by atoms with Gasteiger partial charge in [0.05, 0.1) is 46.1 Å². The Hall–Kier alpha value is -5.43. The van der Waals surface area contributed by atoms with Crippen molar-refractivity contribution in [2.75, 3.05) is 10.6 Å². The van der Waals surface area contributed by atoms with E-state index in [9.17, 15) is 47.4 Å². The maximum Gasteiger partial charge on any atom is 0.481 e. The highest BCUT2D eigenvalue weighted by Gasteiger charge is 2.68. The van der Waals surface area contributed by atoms with E-state index in [1.807, 2.05) is 6.92 Å². The van der Waals surface area contributed by atoms with E-state index >= 15 is 0 Å². The lowest BCUT2D eigenvalue weighted by Crippen LogP contribution is -2.65. The summed E-state index contributed by atoms with van der Waals surface area (Å²) in [4.78, 5) is 69.9. The fraction of sp³-hybridized carbons (Fsp3) is 0.487. The summed E-state index contributed by atoms with van der Waals surface area (Å²) >= 11 is 0. The molecule has 6 N–H and O–H groups in total. The molecule has 15 nitrogen and oxygen atoms in total. The Morgan fingerprint density at radius 2 is 1.72 bits per heavy atom. The molecular weight excluding hydrogens is 764 g/mol. The Labute approximate surface area is 331 Å². The molecule has 3 aromatic rings. The molecule has 3 heterocycles. The topological polar surface area (TPSA) is 210 Å². The zero-order valence-corrected chi connectivity index (χ0v) is 32.4. The highest BCUT2D eigenvalue weighted by Crippen LogP contribution is 2.65. The number of benzene rings is 2. The molecule has 0 spiro atoms. The summed E-state index contributed by atoms with van der Waals surface area (Å²) in [6.07, 6.45) is -1.49. The molecule has 58 heavy (non-hydrogen) atoms. The van der Waals surface area contributed by atoms with Gasteiger partial charge in [0.25, 0.3) is 5.56 Å². The fourth-order valence-electron chi connectivity index (χ4n) is 9.30. The van der Waals surface area contributed by atoms with Gasteiger partial charge < -0.3 is 40.8 Å². The molecule has 0 unspecified atom stereocenters. The Kier molecular flexibility index (Phi) is 10.1. The number of alkyl halides is 3. The number of carbonyl (C=O) groups excluding carboxylic acids is 2. The summed E-state index contributed by atoms with van der Waals surface area (Å²) in [5.41, 5.74) is -4.39. The van der Waals surface area contributed by atoms with Gasteiger partial charge in [-0.25, -0.2) is 19.4 Å². The number of hydrogen-bond acceptors (Lipinski definition) is 9. The quantitative estimate of drug-likeness (QED) is 0.135. The molecule has 7 atom stereocenters. The summed E-state index contributed by atoms with van der Waals surface area (Å²) in [7, 11) is -0.775. The average Bonchev–Trinajstić information content (AvgIpc) is 3.66. The van der Waals surface area contributed by atoms with Crippen LogP contribution < -0.4 is 26.8 Å². The molecule has 2 bridgehead atoms. The molecule has 2 aromatic carbocycles. The molecule has 8 rings (SSSR count). The first-order chi connectivity index (χ1) is 27.1. The van der Waals surface area contributed by atoms with Gasteiger partial charge in [-0.1, -0.05) is 32.9 Å². The number of carboxylic acids is 2. The first kappa shape index (κ1) is 40.8. The normalized spacial score (nSPS) is 27.1. The van der Waals surface area contributed by atoms with Crippen LogP contribution in [0.25, 0.3) is 0 Å². The minimum absolute atomic E-state index is 0.0233. The average molecular weight is 809 g/mol. The van der Waals surface area contributed by atoms with E-state index in [1.165, 1.54) is 25.3 Å². The number of nitrogens with one attached hydrogen (secondary N) is 4. The highest BCUT2D eigenvalue weighted by molar-refractivity contribution is 6.47. The molecule has 308 valence electrons. The van der Waals surface area contributed by atoms with Gasteiger partial charge in [0.1, 0.15) is 17.6 Å². The Morgan fingerprint density at radius 3 is 2.34 bits per heavy atom. The van der Waals surface area contributed by atoms with E-state index < -0.39 is 82.5 Å². The minimum atomic E-state index is -4.58. The molecule has 2 aliphatic heterocycles. The predicted octanol–water partition coefficient (Wildman–Crippen LogP) is 5.41. The van der Waals surface area contributed by atoms with Gasteiger partial charge in [-0.3, -0.25) is 14.2 Å². The summed E-state index contributed by atoms with van der Waals surface area (Å²) in [6, 6.07) is 5.47. The minimum Gasteiger partial charge on any atom is -0.478 e. The molecule has 5 aliphatic rings. The lowest BCUT2D eigenvalue weighted by molar-refractivity contribution is -0.199. The van der Waals surface area contributed by atoms with E-state index in [1.54, 1.807) is 0 Å². The second kappa shape index (κ2) is 14.4. The molecular formula is C39H44BF3N6O9. The number of fused-ring (bicyclic) bond motifs is 1. The first-order valence-corrected chi connectivity index (χ1v) is 19.0. The Bertz CT molecular complexity index is 2220. The number of anilines is 2. The monoisotopic (exact) mass is 808 g/mol. The molecule has 3 aliphatic carbocycles. The zero-order chi connectivity index (χ0) is 42.1. The van der Waals surface area contributed by atoms with Crippen molar-refractivity contribution in [3.8, 4) is 0 Å². The van der Waals surface area contributed by atoms with Crippen LogP contribution in [0.3, 0.4) is 0 Å². The largest absolute Gasteiger partial charge is 0.481 e. The standard InChI is InChI=1S/C39H44BF3N6O9/c1-6-29(40-57-28-15-23-14-27(36(23,2)3)38(28,5)58-40)47-30(50)26-16-37(4,48-35(56)46-24-12-20(32(52)53)11-21(13-24)33(54)55)34-45-18-25(31(51)49(26)34)44-17-19-8-7-9-22(10-19)39(41,42)43/h7-13,18,23,26-29,44H,6,14-17H2,1-5H3,(H,47,50)(H,52,53)(H,54,55)(H2,46,48,56)/t23-,26-,27-,28+,29-,37+,38-/m0/s1. The van der Waals surface area contributed by atoms with Gasteiger partial charge in [-0.05, 0) is 86.3 Å². The Morgan fingerprint density at radius 1 is 1.03 bits per heavy atom. The lowest BCUT2D eigenvalue weighted by Gasteiger charge is -2.64. The number of rotatable bonds is 11. The second-order valence-electron chi connectivity index (χ2n) is 16.6. The van der Waals surface area contributed by atoms with E-state index in [2.05, 4.69) is 47.0 Å². The van der Waals surface area contributed by atoms with Gasteiger partial charge in [0, 0.05) is 18.7 Å². The van der Waals surface area contributed by atoms with Crippen LogP contribution in [-0.4, -0.2) is 68.4 Å². The molecule has 3 amide bonds. The van der Waals surface area contributed by atoms with Gasteiger partial charge in [-0.2, -0.15) is 13.2 Å². The van der Waals surface area contributed by atoms with Crippen LogP contribution in [0.1, 0.15) is 104 Å². The van der Waals surface area contributed by atoms with Crippen LogP contribution >= 0.6 is 0 Å². The van der Waals surface area contributed by atoms with Crippen LogP contribution in [0.4, 0.5) is 29.3 Å². The molecule has 4 fully saturated rings. The second-order valence-corrected chi connectivity index (χ2v) is 16.6. The van der Waals surface area contributed by atoms with Gasteiger partial charge in [0.15, 0.2) is 0 Å². The number of urea groups is 1. The number of nitrogens with zero attached hydrogens (tertiary/aromatic N) is 2. The Balaban J connectivity index is 1.16. The van der Waals surface area contributed by atoms with Crippen LogP contribution in [0, 0.1) is 17.3 Å². The summed E-state index contributed by atoms with van der Waals surface area (Å²) in [5, 5.41) is 30.0. The fourth-order valence-corrected chi connectivity index (χ4v) is 9.30. The number of halogens is 3. The van der Waals surface area contributed by atoms with E-state index in [0.717, 1.165) is 47.7 Å². The van der Waals surface area contributed by atoms with Crippen molar-refractivity contribution in [2.24, 2.45) is 17.3 Å². The molecule has 19 heteroatoms. The third kappa shape index (κ3) is 7.18. The number of carboxylic acid groups (broad SMARTS) is 2. The van der Waals surface area contributed by atoms with Gasteiger partial charge in [-0.15, -0.1) is 0 Å². The first-order valence-electron chi connectivity index (χ1n) is 19.0. The van der Waals surface area contributed by atoms with Crippen molar-refractivity contribution in [1.82, 2.24) is 20.2 Å². The summed E-state index contributed by atoms with van der Waals surface area (Å²) in [6.45, 7) is 9.74. The van der Waals surface area contributed by atoms with Crippen molar-refractivity contribution >= 4 is 42.4 Å². The van der Waals surface area contributed by atoms with E-state index in [4.69, 9.17) is 9.31 Å². The summed E-state index contributed by atoms with van der Waals surface area (Å²) in [5.74, 6) is -3.33. The van der Waals surface area contributed by atoms with Crippen molar-refractivity contribution < 1.29 is 51.9 Å². The van der Waals surface area contributed by atoms with Crippen LogP contribution in [-0.2, 0) is 32.4 Å². The highest BCUT2D eigenvalue weighted by atomic mass is 19.4. The maximum atomic E-state index is 14.4. The molecule has 1 aromatic heterocycles. The number of hydrogen-bond donors (Lipinski definition) is 6. The van der Waals surface area contributed by atoms with Gasteiger partial charge >= 0.3 is 31.3 Å². The van der Waals surface area contributed by atoms with Crippen LogP contribution in [0.2, 0.25) is 0 Å². The smallest absolute Gasteiger partial charge is 0.478 e. The zero-order valence-electron chi connectivity index (χ0n) is 32.4. The van der Waals surface area contributed by atoms with Gasteiger partial charge in [0.2, 0.25) is 5.91 Å². The van der Waals surface area contributed by atoms with Crippen molar-refractivity contribution in [2.45, 2.75) is 102 Å². The van der Waals surface area contributed by atoms with Crippen LogP contribution in [0.15, 0.2) is 53.5 Å². The number of amides is 3. The predicted molar refractivity (Wildman–Crippen MR) is 203 cm³/mol. The molecule has 3 saturated carbocycles. The molecule has 1 saturated heterocycles. The lowest BCUT2D eigenvalue weighted by atomic mass is 9.43. The van der Waals surface area contributed by atoms with E-state index in [0.29, 0.717) is 12.3 Å². The number of aromatic nitrogens is 2. The van der Waals surface area contributed by atoms with Crippen molar-refractivity contribution in [3.05, 3.63) is 87.1 Å². The summed E-state index contributed by atoms with van der Waals surface area (Å²) < 4.78 is 54.4.